The van der Waals surface area contributed by atoms with Crippen LogP contribution in [0, 0.1) is 5.82 Å². The maximum atomic E-state index is 14.2. The smallest absolute Gasteiger partial charge is 0.407 e. The summed E-state index contributed by atoms with van der Waals surface area (Å²) >= 11 is 0. The third-order valence-electron chi connectivity index (χ3n) is 6.65. The van der Waals surface area contributed by atoms with E-state index in [-0.39, 0.29) is 37.0 Å². The fraction of sp³-hybridized carbons (Fsp3) is 0.231. The summed E-state index contributed by atoms with van der Waals surface area (Å²) in [5.74, 6) is -1.69. The molecule has 5 rings (SSSR count). The molecule has 0 saturated heterocycles. The normalized spacial score (nSPS) is 21.2. The highest BCUT2D eigenvalue weighted by Gasteiger charge is 2.53. The molecule has 0 spiro atoms. The van der Waals surface area contributed by atoms with Crippen molar-refractivity contribution in [3.05, 3.63) is 95.3 Å². The van der Waals surface area contributed by atoms with Crippen molar-refractivity contribution in [2.45, 2.75) is 30.2 Å². The van der Waals surface area contributed by atoms with Gasteiger partial charge < -0.3 is 15.2 Å². The summed E-state index contributed by atoms with van der Waals surface area (Å²) in [7, 11) is 0. The molecule has 0 radical (unpaired) electrons. The van der Waals surface area contributed by atoms with Crippen LogP contribution in [0.4, 0.5) is 9.18 Å². The fourth-order valence-corrected chi connectivity index (χ4v) is 5.05. The minimum absolute atomic E-state index is 0.0499. The summed E-state index contributed by atoms with van der Waals surface area (Å²) in [4.78, 5) is 24.4. The highest BCUT2D eigenvalue weighted by Crippen LogP contribution is 2.46. The van der Waals surface area contributed by atoms with E-state index < -0.39 is 23.3 Å². The first-order chi connectivity index (χ1) is 15.5. The number of alkyl carbamates (subject to hydrolysis) is 1. The van der Waals surface area contributed by atoms with Crippen LogP contribution in [0.3, 0.4) is 0 Å². The highest BCUT2D eigenvalue weighted by molar-refractivity contribution is 5.84. The summed E-state index contributed by atoms with van der Waals surface area (Å²) in [6.45, 7) is 0.184. The van der Waals surface area contributed by atoms with Crippen molar-refractivity contribution < 1.29 is 23.8 Å². The molecule has 2 aliphatic carbocycles. The minimum Gasteiger partial charge on any atom is -0.481 e. The topological polar surface area (TPSA) is 75.6 Å². The molecule has 3 aromatic carbocycles. The molecule has 0 unspecified atom stereocenters. The number of carboxylic acid groups (broad SMARTS) is 1. The van der Waals surface area contributed by atoms with E-state index in [4.69, 9.17) is 4.74 Å². The molecule has 1 amide bonds. The molecule has 6 heteroatoms. The van der Waals surface area contributed by atoms with Crippen LogP contribution < -0.4 is 5.32 Å². The second-order valence-corrected chi connectivity index (χ2v) is 8.44. The third-order valence-corrected chi connectivity index (χ3v) is 6.65. The van der Waals surface area contributed by atoms with Crippen molar-refractivity contribution in [3.8, 4) is 11.1 Å². The number of carbonyl (C=O) groups is 2. The van der Waals surface area contributed by atoms with Gasteiger partial charge in [0, 0.05) is 17.5 Å². The molecule has 2 aliphatic rings. The Hall–Kier alpha value is -3.67. The Morgan fingerprint density at radius 1 is 0.938 bits per heavy atom. The zero-order valence-electron chi connectivity index (χ0n) is 17.3. The molecule has 1 fully saturated rings. The number of aliphatic carboxylic acids is 1. The molecule has 2 N–H and O–H groups in total. The molecule has 0 atom stereocenters. The van der Waals surface area contributed by atoms with Gasteiger partial charge in [-0.05, 0) is 41.2 Å². The van der Waals surface area contributed by atoms with Crippen LogP contribution in [0.1, 0.15) is 35.4 Å². The lowest BCUT2D eigenvalue weighted by Gasteiger charge is -2.44. The van der Waals surface area contributed by atoms with Gasteiger partial charge in [0.15, 0.2) is 0 Å². The Morgan fingerprint density at radius 2 is 1.50 bits per heavy atom. The second kappa shape index (κ2) is 7.79. The van der Waals surface area contributed by atoms with Gasteiger partial charge in [-0.3, -0.25) is 4.79 Å². The number of carboxylic acids is 1. The van der Waals surface area contributed by atoms with Crippen molar-refractivity contribution >= 4 is 12.1 Å². The first-order valence-electron chi connectivity index (χ1n) is 10.6. The fourth-order valence-electron chi connectivity index (χ4n) is 5.05. The van der Waals surface area contributed by atoms with Crippen molar-refractivity contribution in [2.75, 3.05) is 6.61 Å². The Balaban J connectivity index is 1.24. The molecule has 0 bridgehead atoms. The van der Waals surface area contributed by atoms with Gasteiger partial charge in [-0.1, -0.05) is 66.7 Å². The van der Waals surface area contributed by atoms with Crippen LogP contribution in [0.25, 0.3) is 11.1 Å². The molecule has 0 heterocycles. The van der Waals surface area contributed by atoms with E-state index in [1.807, 2.05) is 36.4 Å². The van der Waals surface area contributed by atoms with Gasteiger partial charge in [0.25, 0.3) is 0 Å². The van der Waals surface area contributed by atoms with Gasteiger partial charge in [0.05, 0.1) is 5.41 Å². The number of halogens is 1. The minimum atomic E-state index is -1.33. The van der Waals surface area contributed by atoms with E-state index in [1.165, 1.54) is 18.2 Å². The first kappa shape index (κ1) is 20.2. The molecule has 32 heavy (non-hydrogen) atoms. The number of amides is 1. The molecule has 0 aliphatic heterocycles. The molecule has 0 aromatic heterocycles. The SMILES string of the molecule is O=C(NC1CC(C(=O)O)(c2ccccc2F)C1)OCC1c2ccccc2-c2ccccc21. The largest absolute Gasteiger partial charge is 0.481 e. The standard InChI is InChI=1S/C26H22FNO4/c27-23-12-6-5-11-22(23)26(24(29)30)13-16(14-26)28-25(31)32-15-21-19-9-3-1-7-17(19)18-8-2-4-10-20(18)21/h1-12,16,21H,13-15H2,(H,28,31)(H,29,30). The number of rotatable bonds is 5. The number of benzene rings is 3. The molecular weight excluding hydrogens is 409 g/mol. The Bertz CT molecular complexity index is 1160. The lowest BCUT2D eigenvalue weighted by atomic mass is 9.61. The second-order valence-electron chi connectivity index (χ2n) is 8.44. The van der Waals surface area contributed by atoms with Crippen LogP contribution >= 0.6 is 0 Å². The number of ether oxygens (including phenoxy) is 1. The molecule has 162 valence electrons. The van der Waals surface area contributed by atoms with Crippen molar-refractivity contribution in [2.24, 2.45) is 0 Å². The average molecular weight is 431 g/mol. The maximum absolute atomic E-state index is 14.2. The van der Waals surface area contributed by atoms with E-state index in [0.717, 1.165) is 22.3 Å². The Kier molecular flexibility index (Phi) is 4.93. The lowest BCUT2D eigenvalue weighted by Crippen LogP contribution is -2.57. The zero-order chi connectivity index (χ0) is 22.3. The monoisotopic (exact) mass is 431 g/mol. The lowest BCUT2D eigenvalue weighted by molar-refractivity contribution is -0.148. The molecular formula is C26H22FNO4. The van der Waals surface area contributed by atoms with Gasteiger partial charge in [-0.25, -0.2) is 9.18 Å². The van der Waals surface area contributed by atoms with E-state index in [1.54, 1.807) is 6.07 Å². The van der Waals surface area contributed by atoms with Gasteiger partial charge >= 0.3 is 12.1 Å². The first-order valence-corrected chi connectivity index (χ1v) is 10.6. The van der Waals surface area contributed by atoms with E-state index in [9.17, 15) is 19.1 Å². The van der Waals surface area contributed by atoms with E-state index in [0.29, 0.717) is 0 Å². The van der Waals surface area contributed by atoms with Crippen LogP contribution in [-0.4, -0.2) is 29.8 Å². The van der Waals surface area contributed by atoms with Crippen molar-refractivity contribution in [1.82, 2.24) is 5.32 Å². The number of hydrogen-bond acceptors (Lipinski definition) is 3. The Labute approximate surface area is 184 Å². The maximum Gasteiger partial charge on any atom is 0.407 e. The van der Waals surface area contributed by atoms with Crippen molar-refractivity contribution in [1.29, 1.82) is 0 Å². The molecule has 1 saturated carbocycles. The van der Waals surface area contributed by atoms with Gasteiger partial charge in [-0.2, -0.15) is 0 Å². The van der Waals surface area contributed by atoms with Gasteiger partial charge in [0.1, 0.15) is 12.4 Å². The van der Waals surface area contributed by atoms with E-state index in [2.05, 4.69) is 17.4 Å². The Morgan fingerprint density at radius 3 is 2.09 bits per heavy atom. The number of carbonyl (C=O) groups excluding carboxylic acids is 1. The summed E-state index contributed by atoms with van der Waals surface area (Å²) in [6.07, 6.45) is -0.356. The van der Waals surface area contributed by atoms with Crippen LogP contribution in [-0.2, 0) is 14.9 Å². The number of hydrogen-bond donors (Lipinski definition) is 2. The van der Waals surface area contributed by atoms with Gasteiger partial charge in [0.2, 0.25) is 0 Å². The quantitative estimate of drug-likeness (QED) is 0.606. The number of nitrogens with one attached hydrogen (secondary N) is 1. The van der Waals surface area contributed by atoms with Crippen LogP contribution in [0.5, 0.6) is 0 Å². The summed E-state index contributed by atoms with van der Waals surface area (Å²) < 4.78 is 19.7. The summed E-state index contributed by atoms with van der Waals surface area (Å²) in [5.41, 5.74) is 3.36. The average Bonchev–Trinajstić information content (AvgIpc) is 3.09. The molecule has 3 aromatic rings. The van der Waals surface area contributed by atoms with Crippen molar-refractivity contribution in [3.63, 3.8) is 0 Å². The van der Waals surface area contributed by atoms with Crippen LogP contribution in [0.15, 0.2) is 72.8 Å². The number of fused-ring (bicyclic) bond motifs is 3. The zero-order valence-corrected chi connectivity index (χ0v) is 17.3. The predicted molar refractivity (Wildman–Crippen MR) is 117 cm³/mol. The van der Waals surface area contributed by atoms with Gasteiger partial charge in [-0.15, -0.1) is 0 Å². The predicted octanol–water partition coefficient (Wildman–Crippen LogP) is 4.85. The van der Waals surface area contributed by atoms with E-state index >= 15 is 0 Å². The van der Waals surface area contributed by atoms with Crippen LogP contribution in [0.2, 0.25) is 0 Å². The summed E-state index contributed by atoms with van der Waals surface area (Å²) in [6, 6.07) is 21.7. The molecule has 5 nitrogen and oxygen atoms in total. The highest BCUT2D eigenvalue weighted by atomic mass is 19.1. The summed E-state index contributed by atoms with van der Waals surface area (Å²) in [5, 5.41) is 12.5. The third kappa shape index (κ3) is 3.23.